The standard InChI is InChI=1S/C9H16N2.C8H11N.C2H6/c1-7-8(9(2,3)4)6-11(5)10-7;1-7(2)8-4-3-5-9-6-8;1-2/h6H,1-5H3;3-7H,1-2H3;1-2H3. The molecule has 2 aromatic rings. The van der Waals surface area contributed by atoms with Crippen LogP contribution in [0.2, 0.25) is 0 Å². The predicted molar refractivity (Wildman–Crippen MR) is 96.3 cm³/mol. The SMILES string of the molecule is CC.CC(C)c1cccnc1.Cc1nn(C)cc1C(C)(C)C. The summed E-state index contributed by atoms with van der Waals surface area (Å²) in [4.78, 5) is 4.01. The van der Waals surface area contributed by atoms with Crippen LogP contribution in [-0.2, 0) is 12.5 Å². The molecule has 0 bridgehead atoms. The Balaban J connectivity index is 0.000000366. The van der Waals surface area contributed by atoms with Crippen LogP contribution in [0.1, 0.15) is 71.2 Å². The molecule has 22 heavy (non-hydrogen) atoms. The van der Waals surface area contributed by atoms with Gasteiger partial charge < -0.3 is 0 Å². The average molecular weight is 303 g/mol. The van der Waals surface area contributed by atoms with Gasteiger partial charge in [-0.3, -0.25) is 9.67 Å². The highest BCUT2D eigenvalue weighted by atomic mass is 15.2. The summed E-state index contributed by atoms with van der Waals surface area (Å²) in [5.41, 5.74) is 4.00. The number of pyridine rings is 1. The van der Waals surface area contributed by atoms with Crippen molar-refractivity contribution in [3.8, 4) is 0 Å². The van der Waals surface area contributed by atoms with Crippen molar-refractivity contribution in [3.63, 3.8) is 0 Å². The molecule has 0 aliphatic carbocycles. The van der Waals surface area contributed by atoms with Gasteiger partial charge in [-0.25, -0.2) is 0 Å². The maximum atomic E-state index is 4.29. The number of hydrogen-bond acceptors (Lipinski definition) is 2. The zero-order chi connectivity index (χ0) is 17.3. The Morgan fingerprint density at radius 2 is 1.73 bits per heavy atom. The molecular formula is C19H33N3. The second-order valence-electron chi connectivity index (χ2n) is 6.49. The van der Waals surface area contributed by atoms with E-state index in [2.05, 4.69) is 63.9 Å². The first-order valence-corrected chi connectivity index (χ1v) is 8.12. The van der Waals surface area contributed by atoms with Crippen molar-refractivity contribution in [2.24, 2.45) is 7.05 Å². The fraction of sp³-hybridized carbons (Fsp3) is 0.579. The molecule has 0 fully saturated rings. The molecule has 2 aromatic heterocycles. The van der Waals surface area contributed by atoms with E-state index in [1.54, 1.807) is 6.20 Å². The largest absolute Gasteiger partial charge is 0.275 e. The Morgan fingerprint density at radius 3 is 1.95 bits per heavy atom. The van der Waals surface area contributed by atoms with Crippen molar-refractivity contribution in [2.45, 2.75) is 66.7 Å². The number of rotatable bonds is 1. The first-order chi connectivity index (χ1) is 10.2. The lowest BCUT2D eigenvalue weighted by Gasteiger charge is -2.16. The van der Waals surface area contributed by atoms with Crippen molar-refractivity contribution in [2.75, 3.05) is 0 Å². The minimum Gasteiger partial charge on any atom is -0.275 e. The number of aryl methyl sites for hydroxylation is 2. The second-order valence-corrected chi connectivity index (χ2v) is 6.49. The van der Waals surface area contributed by atoms with Crippen molar-refractivity contribution in [1.29, 1.82) is 0 Å². The maximum absolute atomic E-state index is 4.29. The van der Waals surface area contributed by atoms with Gasteiger partial charge >= 0.3 is 0 Å². The van der Waals surface area contributed by atoms with E-state index in [4.69, 9.17) is 0 Å². The van der Waals surface area contributed by atoms with E-state index in [-0.39, 0.29) is 5.41 Å². The Bertz CT molecular complexity index is 519. The lowest BCUT2D eigenvalue weighted by atomic mass is 9.88. The number of nitrogens with zero attached hydrogens (tertiary/aromatic N) is 3. The average Bonchev–Trinajstić information content (AvgIpc) is 2.82. The molecule has 0 radical (unpaired) electrons. The third-order valence-corrected chi connectivity index (χ3v) is 3.17. The van der Waals surface area contributed by atoms with Crippen LogP contribution in [0.5, 0.6) is 0 Å². The van der Waals surface area contributed by atoms with Gasteiger partial charge in [-0.15, -0.1) is 0 Å². The topological polar surface area (TPSA) is 30.7 Å². The zero-order valence-electron chi connectivity index (χ0n) is 15.8. The Hall–Kier alpha value is -1.64. The van der Waals surface area contributed by atoms with Crippen molar-refractivity contribution >= 4 is 0 Å². The summed E-state index contributed by atoms with van der Waals surface area (Å²) >= 11 is 0. The molecule has 0 saturated carbocycles. The van der Waals surface area contributed by atoms with Crippen LogP contribution < -0.4 is 0 Å². The van der Waals surface area contributed by atoms with Gasteiger partial charge in [0, 0.05) is 25.6 Å². The first-order valence-electron chi connectivity index (χ1n) is 8.12. The van der Waals surface area contributed by atoms with E-state index in [1.165, 1.54) is 11.1 Å². The fourth-order valence-electron chi connectivity index (χ4n) is 2.05. The van der Waals surface area contributed by atoms with E-state index in [0.29, 0.717) is 5.92 Å². The van der Waals surface area contributed by atoms with E-state index >= 15 is 0 Å². The van der Waals surface area contributed by atoms with Crippen LogP contribution in [0, 0.1) is 6.92 Å². The number of aromatic nitrogens is 3. The molecule has 0 spiro atoms. The van der Waals surface area contributed by atoms with Crippen molar-refractivity contribution < 1.29 is 0 Å². The fourth-order valence-corrected chi connectivity index (χ4v) is 2.05. The smallest absolute Gasteiger partial charge is 0.0630 e. The highest BCUT2D eigenvalue weighted by molar-refractivity contribution is 5.23. The van der Waals surface area contributed by atoms with E-state index in [1.807, 2.05) is 37.8 Å². The van der Waals surface area contributed by atoms with Gasteiger partial charge in [-0.05, 0) is 35.4 Å². The summed E-state index contributed by atoms with van der Waals surface area (Å²) in [6, 6.07) is 4.06. The normalized spacial score (nSPS) is 10.5. The van der Waals surface area contributed by atoms with Gasteiger partial charge in [0.15, 0.2) is 0 Å². The van der Waals surface area contributed by atoms with Crippen LogP contribution in [0.15, 0.2) is 30.7 Å². The monoisotopic (exact) mass is 303 g/mol. The predicted octanol–water partition coefficient (Wildman–Crippen LogP) is 5.26. The molecule has 0 unspecified atom stereocenters. The minimum atomic E-state index is 0.221. The van der Waals surface area contributed by atoms with Crippen LogP contribution in [0.25, 0.3) is 0 Å². The third-order valence-electron chi connectivity index (χ3n) is 3.17. The molecule has 0 aromatic carbocycles. The molecule has 0 aliphatic heterocycles. The Labute approximate surface area is 136 Å². The molecule has 2 rings (SSSR count). The van der Waals surface area contributed by atoms with Crippen molar-refractivity contribution in [3.05, 3.63) is 47.5 Å². The quantitative estimate of drug-likeness (QED) is 0.719. The highest BCUT2D eigenvalue weighted by Gasteiger charge is 2.18. The van der Waals surface area contributed by atoms with E-state index in [0.717, 1.165) is 5.69 Å². The summed E-state index contributed by atoms with van der Waals surface area (Å²) in [6.07, 6.45) is 5.80. The molecule has 0 saturated heterocycles. The van der Waals surface area contributed by atoms with Crippen molar-refractivity contribution in [1.82, 2.24) is 14.8 Å². The molecule has 2 heterocycles. The van der Waals surface area contributed by atoms with Crippen LogP contribution >= 0.6 is 0 Å². The summed E-state index contributed by atoms with van der Waals surface area (Å²) in [5, 5.41) is 4.29. The van der Waals surface area contributed by atoms with Gasteiger partial charge in [-0.2, -0.15) is 5.10 Å². The second kappa shape index (κ2) is 9.39. The highest BCUT2D eigenvalue weighted by Crippen LogP contribution is 2.23. The van der Waals surface area contributed by atoms with Gasteiger partial charge in [0.05, 0.1) is 5.69 Å². The maximum Gasteiger partial charge on any atom is 0.0630 e. The zero-order valence-corrected chi connectivity index (χ0v) is 15.8. The molecule has 124 valence electrons. The number of hydrogen-bond donors (Lipinski definition) is 0. The Morgan fingerprint density at radius 1 is 1.14 bits per heavy atom. The van der Waals surface area contributed by atoms with Crippen LogP contribution in [0.3, 0.4) is 0 Å². The van der Waals surface area contributed by atoms with Crippen LogP contribution in [-0.4, -0.2) is 14.8 Å². The molecular weight excluding hydrogens is 270 g/mol. The lowest BCUT2D eigenvalue weighted by Crippen LogP contribution is -2.11. The van der Waals surface area contributed by atoms with E-state index < -0.39 is 0 Å². The minimum absolute atomic E-state index is 0.221. The summed E-state index contributed by atoms with van der Waals surface area (Å²) in [7, 11) is 1.96. The van der Waals surface area contributed by atoms with Gasteiger partial charge in [0.1, 0.15) is 0 Å². The summed E-state index contributed by atoms with van der Waals surface area (Å²) in [5.74, 6) is 0.596. The molecule has 0 aliphatic rings. The van der Waals surface area contributed by atoms with Gasteiger partial charge in [-0.1, -0.05) is 54.5 Å². The van der Waals surface area contributed by atoms with Crippen LogP contribution in [0.4, 0.5) is 0 Å². The molecule has 0 atom stereocenters. The van der Waals surface area contributed by atoms with E-state index in [9.17, 15) is 0 Å². The molecule has 3 heteroatoms. The lowest BCUT2D eigenvalue weighted by molar-refractivity contribution is 0.585. The van der Waals surface area contributed by atoms with Gasteiger partial charge in [0.25, 0.3) is 0 Å². The Kier molecular flexibility index (Phi) is 8.69. The molecule has 0 amide bonds. The first kappa shape index (κ1) is 20.4. The molecule has 3 nitrogen and oxygen atoms in total. The molecule has 0 N–H and O–H groups in total. The summed E-state index contributed by atoms with van der Waals surface area (Å²) < 4.78 is 1.87. The summed E-state index contributed by atoms with van der Waals surface area (Å²) in [6.45, 7) is 17.0. The van der Waals surface area contributed by atoms with Gasteiger partial charge in [0.2, 0.25) is 0 Å². The third kappa shape index (κ3) is 6.88.